The summed E-state index contributed by atoms with van der Waals surface area (Å²) in [6.45, 7) is 3.27. The van der Waals surface area contributed by atoms with Crippen LogP contribution in [-0.4, -0.2) is 17.8 Å². The number of benzene rings is 1. The van der Waals surface area contributed by atoms with Crippen molar-refractivity contribution in [3.05, 3.63) is 35.9 Å². The summed E-state index contributed by atoms with van der Waals surface area (Å²) >= 11 is 0. The average molecular weight is 232 g/mol. The fourth-order valence-corrected chi connectivity index (χ4v) is 1.42. The zero-order chi connectivity index (χ0) is 12.3. The lowest BCUT2D eigenvalue weighted by Crippen LogP contribution is -2.01. The molecule has 0 bridgehead atoms. The maximum atomic E-state index is 9.37. The number of aliphatic hydroxyl groups excluding tert-OH is 1. The quantitative estimate of drug-likeness (QED) is 0.603. The molecule has 0 saturated carbocycles. The van der Waals surface area contributed by atoms with Crippen molar-refractivity contribution in [2.75, 3.05) is 6.61 Å². The van der Waals surface area contributed by atoms with E-state index in [0.29, 0.717) is 19.6 Å². The van der Waals surface area contributed by atoms with E-state index >= 15 is 0 Å². The van der Waals surface area contributed by atoms with Crippen molar-refractivity contribution in [1.82, 2.24) is 0 Å². The highest BCUT2D eigenvalue weighted by atomic mass is 16.5. The van der Waals surface area contributed by atoms with Crippen LogP contribution in [0.4, 0.5) is 0 Å². The lowest BCUT2D eigenvalue weighted by Gasteiger charge is -2.01. The maximum Gasteiger partial charge on any atom is 0.114 e. The molecule has 17 heavy (non-hydrogen) atoms. The SMILES string of the molecule is CCC[C@@H](O)C#CCCOCc1ccccc1. The molecule has 0 radical (unpaired) electrons. The predicted octanol–water partition coefficient (Wildman–Crippen LogP) is 2.76. The van der Waals surface area contributed by atoms with E-state index in [1.807, 2.05) is 37.3 Å². The molecule has 1 N–H and O–H groups in total. The largest absolute Gasteiger partial charge is 0.380 e. The fraction of sp³-hybridized carbons (Fsp3) is 0.467. The van der Waals surface area contributed by atoms with E-state index in [4.69, 9.17) is 4.74 Å². The van der Waals surface area contributed by atoms with Gasteiger partial charge in [0.05, 0.1) is 13.2 Å². The zero-order valence-electron chi connectivity index (χ0n) is 10.4. The zero-order valence-corrected chi connectivity index (χ0v) is 10.4. The number of aliphatic hydroxyl groups is 1. The Morgan fingerprint density at radius 1 is 1.29 bits per heavy atom. The van der Waals surface area contributed by atoms with Crippen LogP contribution in [0.3, 0.4) is 0 Å². The minimum Gasteiger partial charge on any atom is -0.380 e. The van der Waals surface area contributed by atoms with Crippen molar-refractivity contribution >= 4 is 0 Å². The first-order valence-electron chi connectivity index (χ1n) is 6.11. The van der Waals surface area contributed by atoms with E-state index in [0.717, 1.165) is 12.8 Å². The molecule has 0 aromatic heterocycles. The van der Waals surface area contributed by atoms with Crippen molar-refractivity contribution in [2.45, 2.75) is 38.9 Å². The van der Waals surface area contributed by atoms with Gasteiger partial charge in [-0.2, -0.15) is 0 Å². The van der Waals surface area contributed by atoms with Gasteiger partial charge < -0.3 is 9.84 Å². The molecule has 0 spiro atoms. The van der Waals surface area contributed by atoms with Crippen LogP contribution in [0.25, 0.3) is 0 Å². The first-order chi connectivity index (χ1) is 8.33. The summed E-state index contributed by atoms with van der Waals surface area (Å²) in [7, 11) is 0. The van der Waals surface area contributed by atoms with Gasteiger partial charge in [0.15, 0.2) is 0 Å². The van der Waals surface area contributed by atoms with Crippen LogP contribution in [0.2, 0.25) is 0 Å². The second-order valence-electron chi connectivity index (χ2n) is 3.91. The number of ether oxygens (including phenoxy) is 1. The summed E-state index contributed by atoms with van der Waals surface area (Å²) in [6.07, 6.45) is 1.90. The van der Waals surface area contributed by atoms with Gasteiger partial charge in [0, 0.05) is 6.42 Å². The summed E-state index contributed by atoms with van der Waals surface area (Å²) < 4.78 is 5.48. The molecular weight excluding hydrogens is 212 g/mol. The van der Waals surface area contributed by atoms with E-state index in [9.17, 15) is 5.11 Å². The smallest absolute Gasteiger partial charge is 0.114 e. The van der Waals surface area contributed by atoms with E-state index in [1.54, 1.807) is 0 Å². The highest BCUT2D eigenvalue weighted by Crippen LogP contribution is 2.00. The third kappa shape index (κ3) is 6.78. The van der Waals surface area contributed by atoms with Crippen LogP contribution in [0, 0.1) is 11.8 Å². The Kier molecular flexibility index (Phi) is 7.13. The third-order valence-corrected chi connectivity index (χ3v) is 2.31. The molecule has 92 valence electrons. The first kappa shape index (κ1) is 13.8. The highest BCUT2D eigenvalue weighted by Gasteiger charge is 1.94. The van der Waals surface area contributed by atoms with Gasteiger partial charge in [0.2, 0.25) is 0 Å². The standard InChI is InChI=1S/C15H20O2/c1-2-8-15(16)11-6-7-12-17-13-14-9-4-3-5-10-14/h3-5,9-10,15-16H,2,7-8,12-13H2,1H3/t15-/m1/s1. The molecule has 0 aliphatic rings. The molecule has 0 heterocycles. The van der Waals surface area contributed by atoms with E-state index in [1.165, 1.54) is 5.56 Å². The lowest BCUT2D eigenvalue weighted by molar-refractivity contribution is 0.126. The highest BCUT2D eigenvalue weighted by molar-refractivity contribution is 5.13. The molecule has 1 aromatic rings. The molecule has 2 nitrogen and oxygen atoms in total. The molecule has 0 aliphatic carbocycles. The minimum absolute atomic E-state index is 0.478. The molecule has 1 atom stereocenters. The Bertz CT molecular complexity index is 348. The maximum absolute atomic E-state index is 9.37. The molecule has 0 saturated heterocycles. The predicted molar refractivity (Wildman–Crippen MR) is 69.4 cm³/mol. The van der Waals surface area contributed by atoms with Gasteiger partial charge in [-0.3, -0.25) is 0 Å². The van der Waals surface area contributed by atoms with E-state index < -0.39 is 6.10 Å². The van der Waals surface area contributed by atoms with Gasteiger partial charge in [0.1, 0.15) is 6.10 Å². The fourth-order valence-electron chi connectivity index (χ4n) is 1.42. The van der Waals surface area contributed by atoms with Gasteiger partial charge in [0.25, 0.3) is 0 Å². The Balaban J connectivity index is 2.09. The molecule has 2 heteroatoms. The second-order valence-corrected chi connectivity index (χ2v) is 3.91. The Morgan fingerprint density at radius 2 is 2.06 bits per heavy atom. The van der Waals surface area contributed by atoms with Crippen molar-refractivity contribution in [3.63, 3.8) is 0 Å². The summed E-state index contributed by atoms with van der Waals surface area (Å²) in [5.41, 5.74) is 1.17. The average Bonchev–Trinajstić information content (AvgIpc) is 2.35. The first-order valence-corrected chi connectivity index (χ1v) is 6.11. The molecule has 0 aliphatic heterocycles. The molecule has 0 fully saturated rings. The van der Waals surface area contributed by atoms with Gasteiger partial charge in [-0.25, -0.2) is 0 Å². The number of hydrogen-bond donors (Lipinski definition) is 1. The van der Waals surface area contributed by atoms with E-state index in [2.05, 4.69) is 11.8 Å². The Morgan fingerprint density at radius 3 is 2.76 bits per heavy atom. The second kappa shape index (κ2) is 8.81. The monoisotopic (exact) mass is 232 g/mol. The number of hydrogen-bond acceptors (Lipinski definition) is 2. The van der Waals surface area contributed by atoms with Gasteiger partial charge >= 0.3 is 0 Å². The van der Waals surface area contributed by atoms with Crippen molar-refractivity contribution in [2.24, 2.45) is 0 Å². The van der Waals surface area contributed by atoms with Gasteiger partial charge in [-0.1, -0.05) is 55.5 Å². The molecule has 0 amide bonds. The van der Waals surface area contributed by atoms with Crippen LogP contribution < -0.4 is 0 Å². The Hall–Kier alpha value is -1.30. The number of rotatable bonds is 6. The van der Waals surface area contributed by atoms with Crippen LogP contribution >= 0.6 is 0 Å². The topological polar surface area (TPSA) is 29.5 Å². The normalized spacial score (nSPS) is 11.6. The van der Waals surface area contributed by atoms with E-state index in [-0.39, 0.29) is 0 Å². The molecular formula is C15H20O2. The van der Waals surface area contributed by atoms with Crippen LogP contribution in [0.1, 0.15) is 31.7 Å². The van der Waals surface area contributed by atoms with Crippen molar-refractivity contribution in [3.8, 4) is 11.8 Å². The van der Waals surface area contributed by atoms with Crippen molar-refractivity contribution < 1.29 is 9.84 Å². The van der Waals surface area contributed by atoms with Crippen LogP contribution in [0.15, 0.2) is 30.3 Å². The Labute approximate surface area is 104 Å². The minimum atomic E-state index is -0.478. The third-order valence-electron chi connectivity index (χ3n) is 2.31. The summed E-state index contributed by atoms with van der Waals surface area (Å²) in [5, 5.41) is 9.37. The molecule has 0 unspecified atom stereocenters. The summed E-state index contributed by atoms with van der Waals surface area (Å²) in [6, 6.07) is 10.1. The molecule has 1 aromatic carbocycles. The van der Waals surface area contributed by atoms with Crippen LogP contribution in [0.5, 0.6) is 0 Å². The van der Waals surface area contributed by atoms with Gasteiger partial charge in [-0.15, -0.1) is 0 Å². The van der Waals surface area contributed by atoms with Gasteiger partial charge in [-0.05, 0) is 12.0 Å². The summed E-state index contributed by atoms with van der Waals surface area (Å²) in [5.74, 6) is 5.74. The molecule has 1 rings (SSSR count). The lowest BCUT2D eigenvalue weighted by atomic mass is 10.2. The summed E-state index contributed by atoms with van der Waals surface area (Å²) in [4.78, 5) is 0. The van der Waals surface area contributed by atoms with Crippen LogP contribution in [-0.2, 0) is 11.3 Å². The van der Waals surface area contributed by atoms with Crippen molar-refractivity contribution in [1.29, 1.82) is 0 Å².